The molecule has 0 heterocycles. The fourth-order valence-corrected chi connectivity index (χ4v) is 3.53. The summed E-state index contributed by atoms with van der Waals surface area (Å²) in [6, 6.07) is 11.9. The molecule has 0 bridgehead atoms. The molecule has 0 radical (unpaired) electrons. The summed E-state index contributed by atoms with van der Waals surface area (Å²) in [5, 5.41) is 0. The lowest BCUT2D eigenvalue weighted by Gasteiger charge is -2.27. The minimum atomic E-state index is -0.490. The van der Waals surface area contributed by atoms with Gasteiger partial charge in [0.25, 0.3) is 0 Å². The van der Waals surface area contributed by atoms with Gasteiger partial charge in [0.1, 0.15) is 12.7 Å². The van der Waals surface area contributed by atoms with Gasteiger partial charge in [-0.05, 0) is 73.2 Å². The van der Waals surface area contributed by atoms with Gasteiger partial charge < -0.3 is 25.7 Å². The maximum atomic E-state index is 12.3. The van der Waals surface area contributed by atoms with Gasteiger partial charge in [0.05, 0.1) is 11.7 Å². The van der Waals surface area contributed by atoms with E-state index < -0.39 is 5.97 Å². The third kappa shape index (κ3) is 6.86. The predicted molar refractivity (Wildman–Crippen MR) is 119 cm³/mol. The van der Waals surface area contributed by atoms with Gasteiger partial charge in [0.15, 0.2) is 0 Å². The maximum absolute atomic E-state index is 12.3. The van der Waals surface area contributed by atoms with Crippen LogP contribution in [0.4, 0.5) is 11.4 Å². The van der Waals surface area contributed by atoms with Crippen LogP contribution in [0.15, 0.2) is 48.5 Å². The quantitative estimate of drug-likeness (QED) is 0.395. The Bertz CT molecular complexity index is 911. The second kappa shape index (κ2) is 10.6. The van der Waals surface area contributed by atoms with Crippen molar-refractivity contribution >= 4 is 29.4 Å². The van der Waals surface area contributed by atoms with E-state index in [0.717, 1.165) is 36.8 Å². The van der Waals surface area contributed by atoms with Gasteiger partial charge >= 0.3 is 11.9 Å². The Hall–Kier alpha value is -3.32. The zero-order chi connectivity index (χ0) is 22.2. The van der Waals surface area contributed by atoms with Crippen molar-refractivity contribution in [1.82, 2.24) is 0 Å². The van der Waals surface area contributed by atoms with E-state index in [0.29, 0.717) is 16.9 Å². The first-order valence-electron chi connectivity index (χ1n) is 10.3. The molecule has 0 atom stereocenters. The number of anilines is 2. The zero-order valence-electron chi connectivity index (χ0n) is 17.6. The van der Waals surface area contributed by atoms with Crippen molar-refractivity contribution < 1.29 is 23.8 Å². The molecule has 2 aromatic rings. The van der Waals surface area contributed by atoms with Crippen molar-refractivity contribution in [2.75, 3.05) is 18.6 Å². The van der Waals surface area contributed by atoms with Crippen molar-refractivity contribution in [3.63, 3.8) is 0 Å². The molecule has 1 fully saturated rings. The number of ether oxygens (including phenoxy) is 3. The van der Waals surface area contributed by atoms with Crippen molar-refractivity contribution in [1.29, 1.82) is 0 Å². The van der Waals surface area contributed by atoms with E-state index >= 15 is 0 Å². The van der Waals surface area contributed by atoms with E-state index in [-0.39, 0.29) is 24.8 Å². The number of methoxy groups -OCH3 is 1. The Kier molecular flexibility index (Phi) is 7.67. The number of hydrogen-bond acceptors (Lipinski definition) is 7. The topological polar surface area (TPSA) is 114 Å². The number of esters is 2. The molecule has 0 spiro atoms. The summed E-state index contributed by atoms with van der Waals surface area (Å²) >= 11 is 0. The summed E-state index contributed by atoms with van der Waals surface area (Å²) in [6.45, 7) is 0.0789. The van der Waals surface area contributed by atoms with Crippen LogP contribution in [0.25, 0.3) is 6.08 Å². The third-order valence-electron chi connectivity index (χ3n) is 5.21. The van der Waals surface area contributed by atoms with Crippen LogP contribution in [0.2, 0.25) is 0 Å². The third-order valence-corrected chi connectivity index (χ3v) is 5.21. The molecule has 7 heteroatoms. The maximum Gasteiger partial charge on any atom is 0.338 e. The van der Waals surface area contributed by atoms with Crippen LogP contribution < -0.4 is 11.5 Å². The van der Waals surface area contributed by atoms with Crippen molar-refractivity contribution in [3.05, 3.63) is 65.2 Å². The molecule has 3 rings (SSSR count). The lowest BCUT2D eigenvalue weighted by atomic mass is 9.95. The summed E-state index contributed by atoms with van der Waals surface area (Å²) in [5.41, 5.74) is 14.4. The first-order valence-corrected chi connectivity index (χ1v) is 10.3. The zero-order valence-corrected chi connectivity index (χ0v) is 17.6. The molecule has 1 aliphatic carbocycles. The van der Waals surface area contributed by atoms with Crippen LogP contribution in [0.5, 0.6) is 0 Å². The molecule has 0 amide bonds. The number of nitrogen functional groups attached to an aromatic ring is 2. The molecule has 0 aliphatic heterocycles. The fourth-order valence-electron chi connectivity index (χ4n) is 3.53. The van der Waals surface area contributed by atoms with Gasteiger partial charge in [-0.25, -0.2) is 9.59 Å². The average molecular weight is 424 g/mol. The van der Waals surface area contributed by atoms with E-state index in [9.17, 15) is 9.59 Å². The van der Waals surface area contributed by atoms with E-state index in [2.05, 4.69) is 0 Å². The normalized spacial score (nSPS) is 18.6. The highest BCUT2D eigenvalue weighted by Gasteiger charge is 2.24. The molecule has 4 N–H and O–H groups in total. The molecule has 2 aromatic carbocycles. The second-order valence-electron chi connectivity index (χ2n) is 7.61. The number of carbonyl (C=O) groups excluding carboxylic acids is 2. The van der Waals surface area contributed by atoms with Gasteiger partial charge in [-0.3, -0.25) is 0 Å². The molecule has 0 unspecified atom stereocenters. The number of hydrogen-bond donors (Lipinski definition) is 2. The van der Waals surface area contributed by atoms with Gasteiger partial charge in [0.2, 0.25) is 0 Å². The van der Waals surface area contributed by atoms with Gasteiger partial charge in [0, 0.05) is 24.6 Å². The lowest BCUT2D eigenvalue weighted by Crippen LogP contribution is -2.27. The van der Waals surface area contributed by atoms with Gasteiger partial charge in [-0.15, -0.1) is 0 Å². The Labute approximate surface area is 182 Å². The van der Waals surface area contributed by atoms with Crippen LogP contribution in [-0.2, 0) is 25.6 Å². The van der Waals surface area contributed by atoms with Gasteiger partial charge in [-0.2, -0.15) is 0 Å². The molecule has 1 saturated carbocycles. The SMILES string of the molecule is COC1CCC(OC(=O)c2ccc(C=CC(=O)OCc3cc(N)cc(N)c3)cc2)CC1. The Morgan fingerprint density at radius 1 is 0.968 bits per heavy atom. The summed E-state index contributed by atoms with van der Waals surface area (Å²) in [5.74, 6) is -0.826. The largest absolute Gasteiger partial charge is 0.459 e. The summed E-state index contributed by atoms with van der Waals surface area (Å²) in [6.07, 6.45) is 6.58. The molecule has 0 saturated heterocycles. The van der Waals surface area contributed by atoms with Crippen LogP contribution >= 0.6 is 0 Å². The van der Waals surface area contributed by atoms with Crippen molar-refractivity contribution in [2.24, 2.45) is 0 Å². The number of rotatable bonds is 7. The molecule has 31 heavy (non-hydrogen) atoms. The van der Waals surface area contributed by atoms with E-state index in [4.69, 9.17) is 25.7 Å². The number of benzene rings is 2. The minimum absolute atomic E-state index is 0.0662. The monoisotopic (exact) mass is 424 g/mol. The van der Waals surface area contributed by atoms with E-state index in [1.54, 1.807) is 55.7 Å². The van der Waals surface area contributed by atoms with Crippen molar-refractivity contribution in [3.8, 4) is 0 Å². The lowest BCUT2D eigenvalue weighted by molar-refractivity contribution is -0.138. The molecular formula is C24H28N2O5. The fraction of sp³-hybridized carbons (Fsp3) is 0.333. The van der Waals surface area contributed by atoms with E-state index in [1.807, 2.05) is 0 Å². The standard InChI is InChI=1S/C24H28N2O5/c1-29-21-7-9-22(10-8-21)31-24(28)18-5-2-16(3-6-18)4-11-23(27)30-15-17-12-19(25)14-20(26)13-17/h2-6,11-14,21-22H,7-10,15,25-26H2,1H3. The summed E-state index contributed by atoms with van der Waals surface area (Å²) < 4.78 is 16.1. The first kappa shape index (κ1) is 22.4. The van der Waals surface area contributed by atoms with Crippen LogP contribution in [0, 0.1) is 0 Å². The van der Waals surface area contributed by atoms with Crippen molar-refractivity contribution in [2.45, 2.75) is 44.5 Å². The van der Waals surface area contributed by atoms with Gasteiger partial charge in [-0.1, -0.05) is 12.1 Å². The van der Waals surface area contributed by atoms with Crippen LogP contribution in [0.3, 0.4) is 0 Å². The summed E-state index contributed by atoms with van der Waals surface area (Å²) in [7, 11) is 1.71. The average Bonchev–Trinajstić information content (AvgIpc) is 2.76. The highest BCUT2D eigenvalue weighted by atomic mass is 16.5. The minimum Gasteiger partial charge on any atom is -0.459 e. The predicted octanol–water partition coefficient (Wildman–Crippen LogP) is 3.72. The number of nitrogens with two attached hydrogens (primary N) is 2. The first-order chi connectivity index (χ1) is 14.9. The highest BCUT2D eigenvalue weighted by Crippen LogP contribution is 2.24. The Morgan fingerprint density at radius 3 is 2.19 bits per heavy atom. The Morgan fingerprint density at radius 2 is 1.58 bits per heavy atom. The number of carbonyl (C=O) groups is 2. The van der Waals surface area contributed by atoms with E-state index in [1.165, 1.54) is 6.08 Å². The molecule has 1 aliphatic rings. The van der Waals surface area contributed by atoms with Crippen LogP contribution in [0.1, 0.15) is 47.2 Å². The molecule has 164 valence electrons. The summed E-state index contributed by atoms with van der Waals surface area (Å²) in [4.78, 5) is 24.3. The second-order valence-corrected chi connectivity index (χ2v) is 7.61. The van der Waals surface area contributed by atoms with Crippen LogP contribution in [-0.4, -0.2) is 31.3 Å². The Balaban J connectivity index is 1.47. The highest BCUT2D eigenvalue weighted by molar-refractivity contribution is 5.90. The molecule has 0 aromatic heterocycles. The smallest absolute Gasteiger partial charge is 0.338 e. The molecule has 7 nitrogen and oxygen atoms in total. The molecular weight excluding hydrogens is 396 g/mol.